The van der Waals surface area contributed by atoms with Gasteiger partial charge in [-0.1, -0.05) is 23.2 Å². The molecule has 0 fully saturated rings. The van der Waals surface area contributed by atoms with Gasteiger partial charge in [0.15, 0.2) is 17.3 Å². The minimum Gasteiger partial charge on any atom is -0.493 e. The minimum absolute atomic E-state index is 0.306. The summed E-state index contributed by atoms with van der Waals surface area (Å²) in [6.45, 7) is 0. The molecule has 0 aliphatic heterocycles. The molecule has 1 heterocycles. The summed E-state index contributed by atoms with van der Waals surface area (Å²) in [5.74, 6) is 1.99. The lowest BCUT2D eigenvalue weighted by Gasteiger charge is -2.11. The maximum Gasteiger partial charge on any atom is 0.249 e. The monoisotopic (exact) mass is 391 g/mol. The Labute approximate surface area is 160 Å². The summed E-state index contributed by atoms with van der Waals surface area (Å²) in [6, 6.07) is 10.5. The second-order valence-corrected chi connectivity index (χ2v) is 5.95. The topological polar surface area (TPSA) is 81.2 Å². The fourth-order valence-corrected chi connectivity index (χ4v) is 2.53. The number of rotatable bonds is 6. The van der Waals surface area contributed by atoms with Crippen LogP contribution in [0.3, 0.4) is 0 Å². The Morgan fingerprint density at radius 1 is 0.923 bits per heavy atom. The molecule has 0 spiro atoms. The lowest BCUT2D eigenvalue weighted by Crippen LogP contribution is -2.03. The van der Waals surface area contributed by atoms with Gasteiger partial charge in [-0.2, -0.15) is 10.1 Å². The molecule has 0 saturated heterocycles. The van der Waals surface area contributed by atoms with Crippen LogP contribution in [0.4, 0.5) is 23.1 Å². The summed E-state index contributed by atoms with van der Waals surface area (Å²) in [6.07, 6.45) is 1.48. The molecule has 0 radical (unpaired) electrons. The highest BCUT2D eigenvalue weighted by molar-refractivity contribution is 6.35. The van der Waals surface area contributed by atoms with E-state index < -0.39 is 0 Å². The van der Waals surface area contributed by atoms with E-state index in [0.29, 0.717) is 39.0 Å². The SMILES string of the molecule is COc1ccc(Nc2nncc(Nc3cc(Cl)ccc3Cl)n2)cc1OC. The Morgan fingerprint density at radius 2 is 1.73 bits per heavy atom. The molecule has 7 nitrogen and oxygen atoms in total. The Bertz CT molecular complexity index is 923. The second-order valence-electron chi connectivity index (χ2n) is 5.11. The highest BCUT2D eigenvalue weighted by Gasteiger charge is 2.08. The van der Waals surface area contributed by atoms with Crippen LogP contribution in [-0.2, 0) is 0 Å². The molecule has 0 unspecified atom stereocenters. The van der Waals surface area contributed by atoms with E-state index in [2.05, 4.69) is 25.8 Å². The third-order valence-electron chi connectivity index (χ3n) is 3.39. The zero-order chi connectivity index (χ0) is 18.5. The van der Waals surface area contributed by atoms with Crippen molar-refractivity contribution in [1.29, 1.82) is 0 Å². The quantitative estimate of drug-likeness (QED) is 0.630. The molecule has 0 bridgehead atoms. The van der Waals surface area contributed by atoms with Crippen LogP contribution < -0.4 is 20.1 Å². The van der Waals surface area contributed by atoms with Crippen LogP contribution in [0, 0.1) is 0 Å². The molecule has 3 aromatic rings. The van der Waals surface area contributed by atoms with E-state index in [-0.39, 0.29) is 0 Å². The van der Waals surface area contributed by atoms with Gasteiger partial charge in [0.25, 0.3) is 0 Å². The van der Waals surface area contributed by atoms with Gasteiger partial charge in [-0.3, -0.25) is 0 Å². The average Bonchev–Trinajstić information content (AvgIpc) is 2.65. The first-order valence-electron chi connectivity index (χ1n) is 7.50. The summed E-state index contributed by atoms with van der Waals surface area (Å²) >= 11 is 12.1. The van der Waals surface area contributed by atoms with Gasteiger partial charge in [0.1, 0.15) is 0 Å². The van der Waals surface area contributed by atoms with Gasteiger partial charge < -0.3 is 20.1 Å². The maximum atomic E-state index is 6.15. The molecular formula is C17H15Cl2N5O2. The molecule has 0 aliphatic carbocycles. The number of hydrogen-bond donors (Lipinski definition) is 2. The molecule has 0 saturated carbocycles. The van der Waals surface area contributed by atoms with Gasteiger partial charge in [0.2, 0.25) is 5.95 Å². The van der Waals surface area contributed by atoms with Crippen LogP contribution in [0.25, 0.3) is 0 Å². The fraction of sp³-hybridized carbons (Fsp3) is 0.118. The summed E-state index contributed by atoms with van der Waals surface area (Å²) in [7, 11) is 3.15. The number of aromatic nitrogens is 3. The van der Waals surface area contributed by atoms with Crippen molar-refractivity contribution in [3.63, 3.8) is 0 Å². The predicted molar refractivity (Wildman–Crippen MR) is 102 cm³/mol. The number of nitrogens with one attached hydrogen (secondary N) is 2. The Balaban J connectivity index is 1.80. The van der Waals surface area contributed by atoms with Crippen LogP contribution in [-0.4, -0.2) is 29.4 Å². The van der Waals surface area contributed by atoms with Crippen molar-refractivity contribution in [3.8, 4) is 11.5 Å². The largest absolute Gasteiger partial charge is 0.493 e. The van der Waals surface area contributed by atoms with Gasteiger partial charge in [0.05, 0.1) is 31.1 Å². The summed E-state index contributed by atoms with van der Waals surface area (Å²) < 4.78 is 10.5. The number of methoxy groups -OCH3 is 2. The van der Waals surface area contributed by atoms with Crippen molar-refractivity contribution in [2.24, 2.45) is 0 Å². The van der Waals surface area contributed by atoms with Crippen LogP contribution in [0.5, 0.6) is 11.5 Å². The van der Waals surface area contributed by atoms with Crippen LogP contribution in [0.15, 0.2) is 42.6 Å². The number of anilines is 4. The van der Waals surface area contributed by atoms with Crippen molar-refractivity contribution in [2.45, 2.75) is 0 Å². The standard InChI is InChI=1S/C17H15Cl2N5O2/c1-25-14-6-4-11(8-15(14)26-2)21-17-23-16(9-20-24-17)22-13-7-10(18)3-5-12(13)19/h3-9H,1-2H3,(H2,21,22,23,24). The van der Waals surface area contributed by atoms with E-state index in [1.54, 1.807) is 44.6 Å². The predicted octanol–water partition coefficient (Wildman–Crippen LogP) is 4.68. The summed E-state index contributed by atoms with van der Waals surface area (Å²) in [5.41, 5.74) is 1.35. The summed E-state index contributed by atoms with van der Waals surface area (Å²) in [5, 5.41) is 15.1. The third kappa shape index (κ3) is 4.25. The second kappa shape index (κ2) is 8.07. The number of benzene rings is 2. The van der Waals surface area contributed by atoms with Gasteiger partial charge in [0, 0.05) is 16.8 Å². The van der Waals surface area contributed by atoms with E-state index in [1.165, 1.54) is 6.20 Å². The zero-order valence-corrected chi connectivity index (χ0v) is 15.5. The molecule has 26 heavy (non-hydrogen) atoms. The average molecular weight is 392 g/mol. The first kappa shape index (κ1) is 18.0. The molecular weight excluding hydrogens is 377 g/mol. The lowest BCUT2D eigenvalue weighted by molar-refractivity contribution is 0.355. The van der Waals surface area contributed by atoms with E-state index in [1.807, 2.05) is 6.07 Å². The van der Waals surface area contributed by atoms with E-state index in [0.717, 1.165) is 5.69 Å². The lowest BCUT2D eigenvalue weighted by atomic mass is 10.3. The van der Waals surface area contributed by atoms with Gasteiger partial charge in [-0.25, -0.2) is 0 Å². The van der Waals surface area contributed by atoms with Crippen LogP contribution in [0.1, 0.15) is 0 Å². The molecule has 0 atom stereocenters. The minimum atomic E-state index is 0.306. The third-order valence-corrected chi connectivity index (χ3v) is 3.95. The molecule has 2 aromatic carbocycles. The van der Waals surface area contributed by atoms with E-state index in [4.69, 9.17) is 32.7 Å². The van der Waals surface area contributed by atoms with Gasteiger partial charge in [-0.15, -0.1) is 5.10 Å². The van der Waals surface area contributed by atoms with Crippen LogP contribution >= 0.6 is 23.2 Å². The van der Waals surface area contributed by atoms with Gasteiger partial charge in [-0.05, 0) is 30.3 Å². The van der Waals surface area contributed by atoms with Crippen molar-refractivity contribution < 1.29 is 9.47 Å². The highest BCUT2D eigenvalue weighted by Crippen LogP contribution is 2.31. The maximum absolute atomic E-state index is 6.15. The molecule has 1 aromatic heterocycles. The zero-order valence-electron chi connectivity index (χ0n) is 14.0. The number of hydrogen-bond acceptors (Lipinski definition) is 7. The number of nitrogens with zero attached hydrogens (tertiary/aromatic N) is 3. The van der Waals surface area contributed by atoms with Crippen molar-refractivity contribution in [2.75, 3.05) is 24.9 Å². The Morgan fingerprint density at radius 3 is 2.50 bits per heavy atom. The first-order chi connectivity index (χ1) is 12.6. The molecule has 0 aliphatic rings. The van der Waals surface area contributed by atoms with Crippen molar-refractivity contribution >= 4 is 46.3 Å². The highest BCUT2D eigenvalue weighted by atomic mass is 35.5. The Hall–Kier alpha value is -2.77. The molecule has 3 rings (SSSR count). The van der Waals surface area contributed by atoms with Gasteiger partial charge >= 0.3 is 0 Å². The number of halogens is 2. The fourth-order valence-electron chi connectivity index (χ4n) is 2.19. The van der Waals surface area contributed by atoms with E-state index >= 15 is 0 Å². The first-order valence-corrected chi connectivity index (χ1v) is 8.25. The molecule has 134 valence electrons. The smallest absolute Gasteiger partial charge is 0.249 e. The molecule has 2 N–H and O–H groups in total. The van der Waals surface area contributed by atoms with Crippen molar-refractivity contribution in [1.82, 2.24) is 15.2 Å². The van der Waals surface area contributed by atoms with Crippen LogP contribution in [0.2, 0.25) is 10.0 Å². The molecule has 0 amide bonds. The Kier molecular flexibility index (Phi) is 5.60. The molecule has 9 heteroatoms. The normalized spacial score (nSPS) is 10.3. The summed E-state index contributed by atoms with van der Waals surface area (Å²) in [4.78, 5) is 4.36. The number of ether oxygens (including phenoxy) is 2. The van der Waals surface area contributed by atoms with E-state index in [9.17, 15) is 0 Å². The van der Waals surface area contributed by atoms with Crippen molar-refractivity contribution in [3.05, 3.63) is 52.6 Å².